The Morgan fingerprint density at radius 3 is 2.92 bits per heavy atom. The van der Waals surface area contributed by atoms with E-state index in [9.17, 15) is 5.11 Å². The average molecular weight is 353 g/mol. The quantitative estimate of drug-likeness (QED) is 0.751. The number of hydrogen-bond donors (Lipinski definition) is 2. The van der Waals surface area contributed by atoms with Crippen molar-refractivity contribution < 1.29 is 9.84 Å². The predicted molar refractivity (Wildman–Crippen MR) is 101 cm³/mol. The minimum Gasteiger partial charge on any atom is -0.507 e. The Morgan fingerprint density at radius 1 is 1.27 bits per heavy atom. The van der Waals surface area contributed by atoms with E-state index in [1.165, 1.54) is 6.42 Å². The summed E-state index contributed by atoms with van der Waals surface area (Å²) >= 11 is 0. The lowest BCUT2D eigenvalue weighted by molar-refractivity contribution is 0.260. The summed E-state index contributed by atoms with van der Waals surface area (Å²) in [7, 11) is 3.71. The van der Waals surface area contributed by atoms with Gasteiger partial charge in [0.05, 0.1) is 12.6 Å². The van der Waals surface area contributed by atoms with E-state index in [2.05, 4.69) is 27.5 Å². The summed E-state index contributed by atoms with van der Waals surface area (Å²) in [4.78, 5) is 2.32. The van der Waals surface area contributed by atoms with E-state index in [1.54, 1.807) is 25.3 Å². The first-order chi connectivity index (χ1) is 12.7. The van der Waals surface area contributed by atoms with Crippen LogP contribution >= 0.6 is 0 Å². The van der Waals surface area contributed by atoms with Gasteiger partial charge in [0.2, 0.25) is 5.95 Å². The summed E-state index contributed by atoms with van der Waals surface area (Å²) in [5.41, 5.74) is 2.17. The molecular weight excluding hydrogens is 330 g/mol. The smallest absolute Gasteiger partial charge is 0.228 e. The largest absolute Gasteiger partial charge is 0.507 e. The van der Waals surface area contributed by atoms with Gasteiger partial charge in [0.25, 0.3) is 0 Å². The highest BCUT2D eigenvalue weighted by Gasteiger charge is 2.20. The molecule has 0 radical (unpaired) electrons. The summed E-state index contributed by atoms with van der Waals surface area (Å²) in [6.07, 6.45) is 4.26. The van der Waals surface area contributed by atoms with Crippen molar-refractivity contribution in [3.05, 3.63) is 36.5 Å². The molecule has 1 atom stereocenters. The van der Waals surface area contributed by atoms with Crippen LogP contribution in [0.4, 0.5) is 5.95 Å². The van der Waals surface area contributed by atoms with Crippen LogP contribution in [0, 0.1) is 0 Å². The first-order valence-electron chi connectivity index (χ1n) is 8.82. The fourth-order valence-electron chi connectivity index (χ4n) is 3.55. The molecule has 2 aromatic heterocycles. The van der Waals surface area contributed by atoms with Gasteiger partial charge in [-0.25, -0.2) is 0 Å². The van der Waals surface area contributed by atoms with Crippen LogP contribution in [0.5, 0.6) is 11.5 Å². The van der Waals surface area contributed by atoms with Gasteiger partial charge in [-0.15, -0.1) is 10.2 Å². The monoisotopic (exact) mass is 353 g/mol. The lowest BCUT2D eigenvalue weighted by Gasteiger charge is -2.30. The van der Waals surface area contributed by atoms with Crippen LogP contribution in [0.3, 0.4) is 0 Å². The Morgan fingerprint density at radius 2 is 2.15 bits per heavy atom. The maximum absolute atomic E-state index is 10.4. The number of aromatic hydroxyl groups is 1. The minimum absolute atomic E-state index is 0.122. The number of anilines is 1. The second-order valence-electron chi connectivity index (χ2n) is 6.76. The van der Waals surface area contributed by atoms with E-state index in [-0.39, 0.29) is 5.75 Å². The molecule has 1 fully saturated rings. The summed E-state index contributed by atoms with van der Waals surface area (Å²) in [6.45, 7) is 2.13. The van der Waals surface area contributed by atoms with Crippen LogP contribution in [0.25, 0.3) is 16.8 Å². The Hall–Kier alpha value is -2.80. The Kier molecular flexibility index (Phi) is 4.38. The molecule has 0 unspecified atom stereocenters. The highest BCUT2D eigenvalue weighted by Crippen LogP contribution is 2.34. The number of piperidine rings is 1. The normalized spacial score (nSPS) is 18.2. The molecule has 26 heavy (non-hydrogen) atoms. The number of phenols is 1. The third kappa shape index (κ3) is 3.06. The molecule has 3 aromatic rings. The van der Waals surface area contributed by atoms with E-state index in [4.69, 9.17) is 4.74 Å². The molecule has 1 aliphatic heterocycles. The number of likely N-dealkylation sites (tertiary alicyclic amines) is 1. The number of nitrogens with one attached hydrogen (secondary N) is 1. The summed E-state index contributed by atoms with van der Waals surface area (Å²) < 4.78 is 7.14. The lowest BCUT2D eigenvalue weighted by Crippen LogP contribution is -2.40. The van der Waals surface area contributed by atoms with Crippen molar-refractivity contribution in [1.82, 2.24) is 19.5 Å². The highest BCUT2D eigenvalue weighted by molar-refractivity contribution is 5.81. The van der Waals surface area contributed by atoms with Crippen molar-refractivity contribution in [2.24, 2.45) is 0 Å². The van der Waals surface area contributed by atoms with Crippen LogP contribution in [0.1, 0.15) is 12.8 Å². The van der Waals surface area contributed by atoms with Gasteiger partial charge in [0.1, 0.15) is 17.2 Å². The number of benzene rings is 1. The topological polar surface area (TPSA) is 74.9 Å². The number of nitrogens with zero attached hydrogens (tertiary/aromatic N) is 4. The maximum atomic E-state index is 10.4. The van der Waals surface area contributed by atoms with Gasteiger partial charge in [0.15, 0.2) is 0 Å². The molecule has 1 aliphatic rings. The Balaban J connectivity index is 1.70. The zero-order valence-corrected chi connectivity index (χ0v) is 15.0. The van der Waals surface area contributed by atoms with Gasteiger partial charge in [-0.1, -0.05) is 0 Å². The third-order valence-electron chi connectivity index (χ3n) is 4.88. The van der Waals surface area contributed by atoms with E-state index < -0.39 is 0 Å². The predicted octanol–water partition coefficient (Wildman–Crippen LogP) is 2.62. The van der Waals surface area contributed by atoms with Crippen LogP contribution in [0.15, 0.2) is 36.5 Å². The number of fused-ring (bicyclic) bond motifs is 1. The van der Waals surface area contributed by atoms with Gasteiger partial charge in [-0.2, -0.15) is 0 Å². The SMILES string of the molecule is COc1ccc(-c2nnc(N[C@@H]3CCCN(C)C3)n3cccc23)c(O)c1. The first-order valence-corrected chi connectivity index (χ1v) is 8.82. The third-order valence-corrected chi connectivity index (χ3v) is 4.88. The maximum Gasteiger partial charge on any atom is 0.228 e. The molecule has 0 aliphatic carbocycles. The minimum atomic E-state index is 0.122. The molecule has 0 amide bonds. The molecule has 136 valence electrons. The molecule has 1 saturated heterocycles. The zero-order valence-electron chi connectivity index (χ0n) is 15.0. The molecule has 1 aromatic carbocycles. The molecule has 4 rings (SSSR count). The number of likely N-dealkylation sites (N-methyl/N-ethyl adjacent to an activating group) is 1. The zero-order chi connectivity index (χ0) is 18.1. The molecule has 0 spiro atoms. The molecule has 7 heteroatoms. The van der Waals surface area contributed by atoms with Gasteiger partial charge >= 0.3 is 0 Å². The van der Waals surface area contributed by atoms with Crippen LogP contribution in [-0.2, 0) is 0 Å². The molecule has 0 saturated carbocycles. The van der Waals surface area contributed by atoms with Crippen molar-refractivity contribution in [2.45, 2.75) is 18.9 Å². The van der Waals surface area contributed by atoms with Crippen molar-refractivity contribution in [3.8, 4) is 22.8 Å². The number of rotatable bonds is 4. The van der Waals surface area contributed by atoms with Crippen LogP contribution < -0.4 is 10.1 Å². The first kappa shape index (κ1) is 16.7. The fourth-order valence-corrected chi connectivity index (χ4v) is 3.55. The Bertz CT molecular complexity index is 923. The van der Waals surface area contributed by atoms with Crippen LogP contribution in [-0.4, -0.2) is 57.9 Å². The van der Waals surface area contributed by atoms with E-state index in [1.807, 2.05) is 22.7 Å². The van der Waals surface area contributed by atoms with E-state index in [0.29, 0.717) is 23.0 Å². The summed E-state index contributed by atoms with van der Waals surface area (Å²) in [5.74, 6) is 1.45. The van der Waals surface area contributed by atoms with Crippen molar-refractivity contribution in [3.63, 3.8) is 0 Å². The molecule has 2 N–H and O–H groups in total. The van der Waals surface area contributed by atoms with Crippen molar-refractivity contribution in [1.29, 1.82) is 0 Å². The van der Waals surface area contributed by atoms with Gasteiger partial charge < -0.3 is 20.1 Å². The molecule has 3 heterocycles. The highest BCUT2D eigenvalue weighted by atomic mass is 16.5. The van der Waals surface area contributed by atoms with E-state index >= 15 is 0 Å². The average Bonchev–Trinajstić information content (AvgIpc) is 3.13. The second kappa shape index (κ2) is 6.84. The molecular formula is C19H23N5O2. The summed E-state index contributed by atoms with van der Waals surface area (Å²) in [5, 5.41) is 22.7. The molecule has 7 nitrogen and oxygen atoms in total. The number of ether oxygens (including phenoxy) is 1. The van der Waals surface area contributed by atoms with Gasteiger partial charge in [-0.3, -0.25) is 4.40 Å². The van der Waals surface area contributed by atoms with Crippen molar-refractivity contribution >= 4 is 11.5 Å². The molecule has 0 bridgehead atoms. The Labute approximate surface area is 152 Å². The van der Waals surface area contributed by atoms with Crippen molar-refractivity contribution in [2.75, 3.05) is 32.6 Å². The van der Waals surface area contributed by atoms with Gasteiger partial charge in [0, 0.05) is 30.4 Å². The lowest BCUT2D eigenvalue weighted by atomic mass is 10.1. The number of phenolic OH excluding ortho intramolecular Hbond substituents is 1. The standard InChI is InChI=1S/C19H23N5O2/c1-23-9-3-5-13(12-23)20-19-22-21-18(16-6-4-10-24(16)19)15-8-7-14(26-2)11-17(15)25/h4,6-8,10-11,13,25H,3,5,9,12H2,1-2H3,(H,20,22)/t13-/m1/s1. The van der Waals surface area contributed by atoms with Crippen LogP contribution in [0.2, 0.25) is 0 Å². The summed E-state index contributed by atoms with van der Waals surface area (Å²) in [6, 6.07) is 9.48. The van der Waals surface area contributed by atoms with E-state index in [0.717, 1.165) is 31.0 Å². The number of aromatic nitrogens is 3. The fraction of sp³-hybridized carbons (Fsp3) is 0.368. The second-order valence-corrected chi connectivity index (χ2v) is 6.76. The van der Waals surface area contributed by atoms with Gasteiger partial charge in [-0.05, 0) is 50.7 Å². The number of methoxy groups -OCH3 is 1. The number of hydrogen-bond acceptors (Lipinski definition) is 6.